The Kier molecular flexibility index (Phi) is 4.96. The lowest BCUT2D eigenvalue weighted by atomic mass is 10.3. The quantitative estimate of drug-likeness (QED) is 0.683. The molecule has 6 nitrogen and oxygen atoms in total. The second-order valence-corrected chi connectivity index (χ2v) is 7.10. The first kappa shape index (κ1) is 16.7. The molecule has 0 saturated heterocycles. The third-order valence-corrected chi connectivity index (χ3v) is 4.73. The Bertz CT molecular complexity index is 875. The van der Waals surface area contributed by atoms with Gasteiger partial charge in [-0.3, -0.25) is 9.59 Å². The minimum absolute atomic E-state index is 0.245. The summed E-state index contributed by atoms with van der Waals surface area (Å²) in [5, 5.41) is 7.29. The van der Waals surface area contributed by atoms with E-state index in [1.165, 1.54) is 11.3 Å². The Morgan fingerprint density at radius 3 is 2.92 bits per heavy atom. The molecule has 1 unspecified atom stereocenters. The van der Waals surface area contributed by atoms with Crippen LogP contribution in [0.2, 0.25) is 0 Å². The molecule has 1 atom stereocenters. The van der Waals surface area contributed by atoms with Gasteiger partial charge in [-0.1, -0.05) is 6.07 Å². The van der Waals surface area contributed by atoms with Crippen LogP contribution in [0, 0.1) is 0 Å². The molecule has 0 aliphatic rings. The summed E-state index contributed by atoms with van der Waals surface area (Å²) in [6, 6.07) is 6.70. The van der Waals surface area contributed by atoms with Crippen LogP contribution in [0.1, 0.15) is 22.3 Å². The molecule has 3 heterocycles. The number of hydrogen-bond donors (Lipinski definition) is 2. The Hall–Kier alpha value is -2.19. The fraction of sp³-hybridized carbons (Fsp3) is 0.188. The topological polar surface area (TPSA) is 75.5 Å². The highest BCUT2D eigenvalue weighted by molar-refractivity contribution is 9.10. The highest BCUT2D eigenvalue weighted by atomic mass is 79.9. The molecule has 3 aromatic heterocycles. The van der Waals surface area contributed by atoms with Crippen LogP contribution in [0.15, 0.2) is 46.5 Å². The summed E-state index contributed by atoms with van der Waals surface area (Å²) < 4.78 is 2.83. The molecule has 8 heteroatoms. The average molecular weight is 407 g/mol. The van der Waals surface area contributed by atoms with Crippen molar-refractivity contribution in [1.82, 2.24) is 20.0 Å². The fourth-order valence-corrected chi connectivity index (χ4v) is 3.15. The molecule has 2 amide bonds. The van der Waals surface area contributed by atoms with Crippen molar-refractivity contribution in [3.63, 3.8) is 0 Å². The maximum absolute atomic E-state index is 12.1. The van der Waals surface area contributed by atoms with Crippen LogP contribution >= 0.6 is 27.3 Å². The van der Waals surface area contributed by atoms with E-state index in [2.05, 4.69) is 31.5 Å². The first-order chi connectivity index (χ1) is 11.5. The van der Waals surface area contributed by atoms with Crippen molar-refractivity contribution < 1.29 is 9.59 Å². The number of pyridine rings is 1. The number of nitrogens with one attached hydrogen (secondary N) is 2. The Labute approximate surface area is 151 Å². The summed E-state index contributed by atoms with van der Waals surface area (Å²) >= 11 is 4.74. The highest BCUT2D eigenvalue weighted by Gasteiger charge is 2.17. The van der Waals surface area contributed by atoms with Crippen LogP contribution in [-0.4, -0.2) is 27.2 Å². The van der Waals surface area contributed by atoms with Gasteiger partial charge in [0.2, 0.25) is 5.91 Å². The fourth-order valence-electron chi connectivity index (χ4n) is 2.17. The van der Waals surface area contributed by atoms with Gasteiger partial charge in [-0.05, 0) is 46.4 Å². The van der Waals surface area contributed by atoms with Gasteiger partial charge in [-0.2, -0.15) is 0 Å². The zero-order valence-electron chi connectivity index (χ0n) is 12.8. The van der Waals surface area contributed by atoms with E-state index in [4.69, 9.17) is 0 Å². The molecule has 2 N–H and O–H groups in total. The number of amides is 2. The van der Waals surface area contributed by atoms with Gasteiger partial charge in [0.1, 0.15) is 11.7 Å². The molecule has 0 aliphatic carbocycles. The van der Waals surface area contributed by atoms with Crippen LogP contribution in [-0.2, 0) is 11.3 Å². The largest absolute Gasteiger partial charge is 0.349 e. The molecular weight excluding hydrogens is 392 g/mol. The number of carbonyl (C=O) groups excluding carboxylic acids is 2. The van der Waals surface area contributed by atoms with Crippen molar-refractivity contribution in [2.75, 3.05) is 0 Å². The van der Waals surface area contributed by atoms with Gasteiger partial charge in [0.25, 0.3) is 5.91 Å². The zero-order chi connectivity index (χ0) is 17.1. The lowest BCUT2D eigenvalue weighted by molar-refractivity contribution is -0.122. The molecule has 24 heavy (non-hydrogen) atoms. The molecule has 0 saturated carbocycles. The molecule has 124 valence electrons. The van der Waals surface area contributed by atoms with Crippen LogP contribution in [0.5, 0.6) is 0 Å². The normalized spacial score (nSPS) is 12.1. The molecule has 3 aromatic rings. The van der Waals surface area contributed by atoms with Gasteiger partial charge in [0, 0.05) is 16.9 Å². The number of carbonyl (C=O) groups is 2. The highest BCUT2D eigenvalue weighted by Crippen LogP contribution is 2.12. The summed E-state index contributed by atoms with van der Waals surface area (Å²) in [7, 11) is 0. The lowest BCUT2D eigenvalue weighted by Crippen LogP contribution is -2.44. The van der Waals surface area contributed by atoms with Gasteiger partial charge in [-0.15, -0.1) is 11.3 Å². The minimum atomic E-state index is -0.620. The van der Waals surface area contributed by atoms with E-state index in [1.807, 2.05) is 34.3 Å². The van der Waals surface area contributed by atoms with E-state index in [1.54, 1.807) is 19.1 Å². The second kappa shape index (κ2) is 7.14. The molecule has 0 fully saturated rings. The van der Waals surface area contributed by atoms with E-state index >= 15 is 0 Å². The predicted molar refractivity (Wildman–Crippen MR) is 96.0 cm³/mol. The van der Waals surface area contributed by atoms with Crippen molar-refractivity contribution >= 4 is 44.7 Å². The molecule has 0 spiro atoms. The van der Waals surface area contributed by atoms with E-state index in [-0.39, 0.29) is 11.8 Å². The van der Waals surface area contributed by atoms with E-state index in [9.17, 15) is 9.59 Å². The summed E-state index contributed by atoms with van der Waals surface area (Å²) in [5.74, 6) is -0.497. The predicted octanol–water partition coefficient (Wildman–Crippen LogP) is 2.59. The van der Waals surface area contributed by atoms with E-state index in [0.717, 1.165) is 15.8 Å². The monoisotopic (exact) mass is 406 g/mol. The lowest BCUT2D eigenvalue weighted by Gasteiger charge is -2.12. The van der Waals surface area contributed by atoms with Crippen molar-refractivity contribution in [3.8, 4) is 0 Å². The third-order valence-electron chi connectivity index (χ3n) is 3.39. The van der Waals surface area contributed by atoms with Gasteiger partial charge >= 0.3 is 0 Å². The SMILES string of the molecule is CC(NC(=O)c1cccs1)C(=O)NCc1cn2cc(Br)ccc2n1. The van der Waals surface area contributed by atoms with Gasteiger partial charge in [0.15, 0.2) is 0 Å². The number of imidazole rings is 1. The van der Waals surface area contributed by atoms with Crippen LogP contribution in [0.3, 0.4) is 0 Å². The number of nitrogens with zero attached hydrogens (tertiary/aromatic N) is 2. The summed E-state index contributed by atoms with van der Waals surface area (Å²) in [4.78, 5) is 29.1. The smallest absolute Gasteiger partial charge is 0.261 e. The summed E-state index contributed by atoms with van der Waals surface area (Å²) in [6.07, 6.45) is 3.76. The van der Waals surface area contributed by atoms with Crippen molar-refractivity contribution in [2.24, 2.45) is 0 Å². The number of aromatic nitrogens is 2. The first-order valence-electron chi connectivity index (χ1n) is 7.28. The van der Waals surface area contributed by atoms with Crippen molar-refractivity contribution in [3.05, 3.63) is 57.1 Å². The number of thiophene rings is 1. The molecule has 0 aliphatic heterocycles. The number of halogens is 1. The van der Waals surface area contributed by atoms with Gasteiger partial charge in [0.05, 0.1) is 17.1 Å². The maximum Gasteiger partial charge on any atom is 0.261 e. The Morgan fingerprint density at radius 1 is 1.33 bits per heavy atom. The molecule has 0 aromatic carbocycles. The maximum atomic E-state index is 12.1. The molecule has 0 radical (unpaired) electrons. The number of fused-ring (bicyclic) bond motifs is 1. The van der Waals surface area contributed by atoms with Crippen molar-refractivity contribution in [2.45, 2.75) is 19.5 Å². The number of rotatable bonds is 5. The minimum Gasteiger partial charge on any atom is -0.349 e. The first-order valence-corrected chi connectivity index (χ1v) is 8.95. The van der Waals surface area contributed by atoms with E-state index < -0.39 is 6.04 Å². The van der Waals surface area contributed by atoms with Crippen LogP contribution in [0.4, 0.5) is 0 Å². The van der Waals surface area contributed by atoms with Gasteiger partial charge in [-0.25, -0.2) is 4.98 Å². The Balaban J connectivity index is 1.56. The average Bonchev–Trinajstić information content (AvgIpc) is 3.21. The van der Waals surface area contributed by atoms with Crippen LogP contribution < -0.4 is 10.6 Å². The standard InChI is InChI=1S/C16H15BrN4O2S/c1-10(19-16(23)13-3-2-6-24-13)15(22)18-7-12-9-21-8-11(17)4-5-14(21)20-12/h2-6,8-10H,7H2,1H3,(H,18,22)(H,19,23). The molecule has 0 bridgehead atoms. The summed E-state index contributed by atoms with van der Waals surface area (Å²) in [5.41, 5.74) is 1.56. The molecular formula is C16H15BrN4O2S. The van der Waals surface area contributed by atoms with Gasteiger partial charge < -0.3 is 15.0 Å². The Morgan fingerprint density at radius 2 is 2.17 bits per heavy atom. The zero-order valence-corrected chi connectivity index (χ0v) is 15.2. The summed E-state index contributed by atoms with van der Waals surface area (Å²) in [6.45, 7) is 1.96. The van der Waals surface area contributed by atoms with Crippen LogP contribution in [0.25, 0.3) is 5.65 Å². The number of hydrogen-bond acceptors (Lipinski definition) is 4. The molecule has 3 rings (SSSR count). The van der Waals surface area contributed by atoms with Crippen molar-refractivity contribution in [1.29, 1.82) is 0 Å². The third kappa shape index (κ3) is 3.82. The second-order valence-electron chi connectivity index (χ2n) is 5.24. The van der Waals surface area contributed by atoms with E-state index in [0.29, 0.717) is 11.4 Å².